The summed E-state index contributed by atoms with van der Waals surface area (Å²) in [5.41, 5.74) is 5.24. The van der Waals surface area contributed by atoms with E-state index < -0.39 is 28.9 Å². The van der Waals surface area contributed by atoms with Gasteiger partial charge in [0.05, 0.1) is 10.9 Å². The summed E-state index contributed by atoms with van der Waals surface area (Å²) in [6.45, 7) is 0.521. The molecule has 1 aliphatic carbocycles. The van der Waals surface area contributed by atoms with Gasteiger partial charge in [0, 0.05) is 29.7 Å². The monoisotopic (exact) mass is 562 g/mol. The number of amides is 2. The quantitative estimate of drug-likeness (QED) is 0.207. The first-order valence-electron chi connectivity index (χ1n) is 12.8. The Balaban J connectivity index is 1.21. The zero-order chi connectivity index (χ0) is 28.6. The summed E-state index contributed by atoms with van der Waals surface area (Å²) in [5, 5.41) is 5.71. The summed E-state index contributed by atoms with van der Waals surface area (Å²) in [5.74, 6) is -1.05. The molecule has 12 heteroatoms. The molecule has 1 aromatic heterocycles. The number of pyridine rings is 1. The molecule has 6 rings (SSSR count). The molecule has 0 saturated heterocycles. The Morgan fingerprint density at radius 1 is 0.878 bits per heavy atom. The van der Waals surface area contributed by atoms with Crippen molar-refractivity contribution >= 4 is 34.1 Å². The molecule has 4 N–H and O–H groups in total. The number of halogens is 2. The van der Waals surface area contributed by atoms with Crippen molar-refractivity contribution < 1.29 is 37.3 Å². The number of anilines is 2. The van der Waals surface area contributed by atoms with Crippen molar-refractivity contribution in [3.63, 3.8) is 0 Å². The summed E-state index contributed by atoms with van der Waals surface area (Å²) < 4.78 is 51.3. The van der Waals surface area contributed by atoms with Crippen LogP contribution in [0.3, 0.4) is 0 Å². The number of aromatic nitrogens is 1. The van der Waals surface area contributed by atoms with Crippen LogP contribution in [-0.2, 0) is 9.59 Å². The van der Waals surface area contributed by atoms with Crippen molar-refractivity contribution in [3.05, 3.63) is 72.4 Å². The molecule has 0 bridgehead atoms. The van der Waals surface area contributed by atoms with Gasteiger partial charge in [-0.2, -0.15) is 0 Å². The fraction of sp³-hybridized carbons (Fsp3) is 0.207. The zero-order valence-corrected chi connectivity index (χ0v) is 21.5. The van der Waals surface area contributed by atoms with Crippen LogP contribution in [0.5, 0.6) is 28.7 Å². The minimum absolute atomic E-state index is 0.0777. The number of fused-ring (bicyclic) bond motifs is 3. The highest BCUT2D eigenvalue weighted by Gasteiger charge is 2.56. The highest BCUT2D eigenvalue weighted by atomic mass is 19.1. The third-order valence-corrected chi connectivity index (χ3v) is 6.81. The largest absolute Gasteiger partial charge is 0.485 e. The lowest BCUT2D eigenvalue weighted by Gasteiger charge is -2.23. The molecule has 2 aliphatic rings. The average Bonchev–Trinajstić information content (AvgIpc) is 3.79. The Kier molecular flexibility index (Phi) is 6.75. The predicted molar refractivity (Wildman–Crippen MR) is 144 cm³/mol. The van der Waals surface area contributed by atoms with Crippen LogP contribution >= 0.6 is 0 Å². The molecule has 1 fully saturated rings. The second-order valence-corrected chi connectivity index (χ2v) is 9.49. The maximum atomic E-state index is 15.2. The number of nitrogens with two attached hydrogens (primary N) is 1. The molecule has 2 amide bonds. The summed E-state index contributed by atoms with van der Waals surface area (Å²) in [6.07, 6.45) is 2.16. The van der Waals surface area contributed by atoms with Gasteiger partial charge < -0.3 is 29.6 Å². The summed E-state index contributed by atoms with van der Waals surface area (Å²) >= 11 is 0. The maximum absolute atomic E-state index is 15.2. The number of benzene rings is 3. The normalized spacial score (nSPS) is 14.7. The molecule has 41 heavy (non-hydrogen) atoms. The van der Waals surface area contributed by atoms with Gasteiger partial charge in [-0.1, -0.05) is 0 Å². The summed E-state index contributed by atoms with van der Waals surface area (Å²) in [4.78, 5) is 30.1. The molecular formula is C29H24F2N4O6. The first-order chi connectivity index (χ1) is 19.9. The van der Waals surface area contributed by atoms with E-state index in [1.807, 2.05) is 0 Å². The number of hydrogen-bond acceptors (Lipinski definition) is 8. The first-order valence-corrected chi connectivity index (χ1v) is 12.8. The second kappa shape index (κ2) is 10.5. The van der Waals surface area contributed by atoms with Crippen molar-refractivity contribution in [1.29, 1.82) is 0 Å². The van der Waals surface area contributed by atoms with Crippen LogP contribution in [0.4, 0.5) is 20.2 Å². The Labute approximate surface area is 232 Å². The van der Waals surface area contributed by atoms with Crippen LogP contribution in [0.15, 0.2) is 60.8 Å². The van der Waals surface area contributed by atoms with Gasteiger partial charge in [-0.05, 0) is 55.3 Å². The van der Waals surface area contributed by atoms with Gasteiger partial charge in [0.2, 0.25) is 17.6 Å². The van der Waals surface area contributed by atoms with E-state index in [1.165, 1.54) is 42.6 Å². The minimum atomic E-state index is -1.29. The van der Waals surface area contributed by atoms with Crippen LogP contribution < -0.4 is 35.3 Å². The van der Waals surface area contributed by atoms with Gasteiger partial charge in [0.25, 0.3) is 0 Å². The Morgan fingerprint density at radius 3 is 2.24 bits per heavy atom. The smallest absolute Gasteiger partial charge is 0.240 e. The summed E-state index contributed by atoms with van der Waals surface area (Å²) in [7, 11) is 0. The van der Waals surface area contributed by atoms with E-state index in [4.69, 9.17) is 24.7 Å². The van der Waals surface area contributed by atoms with Crippen LogP contribution in [0.2, 0.25) is 0 Å². The molecule has 0 atom stereocenters. The Bertz CT molecular complexity index is 1660. The SMILES string of the molecule is NCOc1cc2nccc(Oc3ccc(NC(=O)C4(C(=O)Nc5ccc(F)cc5)CC4)cc3F)c2c2c1OCCO2. The van der Waals surface area contributed by atoms with Crippen LogP contribution in [-0.4, -0.2) is 36.7 Å². The fourth-order valence-electron chi connectivity index (χ4n) is 4.55. The molecule has 0 spiro atoms. The topological polar surface area (TPSA) is 134 Å². The number of rotatable bonds is 8. The van der Waals surface area contributed by atoms with Crippen molar-refractivity contribution in [2.75, 3.05) is 30.6 Å². The van der Waals surface area contributed by atoms with Gasteiger partial charge in [-0.25, -0.2) is 8.78 Å². The lowest BCUT2D eigenvalue weighted by atomic mass is 10.0. The van der Waals surface area contributed by atoms with E-state index in [1.54, 1.807) is 12.1 Å². The van der Waals surface area contributed by atoms with Crippen molar-refractivity contribution in [2.24, 2.45) is 11.1 Å². The number of carbonyl (C=O) groups excluding carboxylic acids is 2. The number of nitrogens with one attached hydrogen (secondary N) is 2. The van der Waals surface area contributed by atoms with E-state index >= 15 is 4.39 Å². The molecule has 10 nitrogen and oxygen atoms in total. The van der Waals surface area contributed by atoms with Crippen molar-refractivity contribution in [1.82, 2.24) is 4.98 Å². The lowest BCUT2D eigenvalue weighted by molar-refractivity contribution is -0.131. The van der Waals surface area contributed by atoms with E-state index in [9.17, 15) is 14.0 Å². The number of carbonyl (C=O) groups is 2. The van der Waals surface area contributed by atoms with E-state index in [-0.39, 0.29) is 30.5 Å². The first kappa shape index (κ1) is 26.3. The maximum Gasteiger partial charge on any atom is 0.240 e. The van der Waals surface area contributed by atoms with Gasteiger partial charge in [0.15, 0.2) is 23.1 Å². The standard InChI is InChI=1S/C29H24F2N4O6/c30-16-1-3-17(4-2-16)34-27(36)29(8-9-29)28(37)35-18-5-6-21(19(31)13-18)41-22-7-10-33-20-14-23(40-15-32)25-26(24(20)22)39-12-11-38-25/h1-7,10,13-14H,8-9,11-12,15,32H2,(H,34,36)(H,35,37). The van der Waals surface area contributed by atoms with Crippen LogP contribution in [0.1, 0.15) is 12.8 Å². The van der Waals surface area contributed by atoms with E-state index in [0.717, 1.165) is 6.07 Å². The molecule has 1 saturated carbocycles. The average molecular weight is 563 g/mol. The van der Waals surface area contributed by atoms with Gasteiger partial charge >= 0.3 is 0 Å². The molecule has 210 valence electrons. The highest BCUT2D eigenvalue weighted by molar-refractivity contribution is 6.16. The Morgan fingerprint density at radius 2 is 1.56 bits per heavy atom. The van der Waals surface area contributed by atoms with Gasteiger partial charge in [-0.3, -0.25) is 20.3 Å². The zero-order valence-electron chi connectivity index (χ0n) is 21.5. The third-order valence-electron chi connectivity index (χ3n) is 6.81. The molecule has 1 aliphatic heterocycles. The van der Waals surface area contributed by atoms with Crippen molar-refractivity contribution in [3.8, 4) is 28.7 Å². The van der Waals surface area contributed by atoms with Crippen molar-refractivity contribution in [2.45, 2.75) is 12.8 Å². The molecule has 4 aromatic rings. The van der Waals surface area contributed by atoms with Crippen LogP contribution in [0.25, 0.3) is 10.9 Å². The third kappa shape index (κ3) is 5.05. The minimum Gasteiger partial charge on any atom is -0.485 e. The van der Waals surface area contributed by atoms with Gasteiger partial charge in [-0.15, -0.1) is 0 Å². The predicted octanol–water partition coefficient (Wildman–Crippen LogP) is 4.73. The molecule has 2 heterocycles. The second-order valence-electron chi connectivity index (χ2n) is 9.49. The highest BCUT2D eigenvalue weighted by Crippen LogP contribution is 2.49. The lowest BCUT2D eigenvalue weighted by Crippen LogP contribution is -2.35. The molecule has 0 unspecified atom stereocenters. The summed E-state index contributed by atoms with van der Waals surface area (Å²) in [6, 6.07) is 12.4. The molecular weight excluding hydrogens is 538 g/mol. The van der Waals surface area contributed by atoms with E-state index in [0.29, 0.717) is 53.3 Å². The molecule has 0 radical (unpaired) electrons. The number of hydrogen-bond donors (Lipinski definition) is 3. The Hall–Kier alpha value is -4.97. The fourth-order valence-corrected chi connectivity index (χ4v) is 4.55. The number of ether oxygens (including phenoxy) is 4. The number of nitrogens with zero attached hydrogens (tertiary/aromatic N) is 1. The molecule has 3 aromatic carbocycles. The van der Waals surface area contributed by atoms with Gasteiger partial charge in [0.1, 0.15) is 36.9 Å². The van der Waals surface area contributed by atoms with Crippen LogP contribution in [0, 0.1) is 17.0 Å². The van der Waals surface area contributed by atoms with E-state index in [2.05, 4.69) is 15.6 Å².